The first-order valence-corrected chi connectivity index (χ1v) is 8.36. The van der Waals surface area contributed by atoms with Crippen molar-refractivity contribution >= 4 is 65.1 Å². The molecule has 0 aliphatic heterocycles. The van der Waals surface area contributed by atoms with Crippen LogP contribution in [0.5, 0.6) is 0 Å². The van der Waals surface area contributed by atoms with Crippen molar-refractivity contribution in [3.63, 3.8) is 0 Å². The van der Waals surface area contributed by atoms with Crippen molar-refractivity contribution in [1.29, 1.82) is 0 Å². The van der Waals surface area contributed by atoms with Crippen molar-refractivity contribution in [2.24, 2.45) is 0 Å². The predicted molar refractivity (Wildman–Crippen MR) is 93.1 cm³/mol. The molecule has 100 valence electrons. The maximum Gasteiger partial charge on any atom is 0.0631 e. The van der Waals surface area contributed by atoms with Crippen LogP contribution in [0.3, 0.4) is 0 Å². The maximum absolute atomic E-state index is 6.09. The first-order valence-electron chi connectivity index (χ1n) is 5.61. The average Bonchev–Trinajstić information content (AvgIpc) is 2.32. The minimum absolute atomic E-state index is 0.716. The molecule has 0 atom stereocenters. The number of nitrogens with one attached hydrogen (secondary N) is 1. The second kappa shape index (κ2) is 6.61. The lowest BCUT2D eigenvalue weighted by Gasteiger charge is -2.12. The largest absolute Gasteiger partial charge is 0.379 e. The molecule has 2 rings (SSSR count). The zero-order valence-electron chi connectivity index (χ0n) is 10.1. The molecule has 5 heteroatoms. The summed E-state index contributed by atoms with van der Waals surface area (Å²) in [4.78, 5) is 0. The van der Waals surface area contributed by atoms with Crippen LogP contribution in [-0.4, -0.2) is 0 Å². The van der Waals surface area contributed by atoms with E-state index in [2.05, 4.69) is 72.2 Å². The summed E-state index contributed by atoms with van der Waals surface area (Å²) in [6, 6.07) is 10.1. The highest BCUT2D eigenvalue weighted by molar-refractivity contribution is 9.11. The van der Waals surface area contributed by atoms with Gasteiger partial charge in [0.1, 0.15) is 0 Å². The lowest BCUT2D eigenvalue weighted by molar-refractivity contribution is 1.14. The van der Waals surface area contributed by atoms with Gasteiger partial charge in [-0.15, -0.1) is 0 Å². The third-order valence-electron chi connectivity index (χ3n) is 2.64. The first-order chi connectivity index (χ1) is 8.97. The van der Waals surface area contributed by atoms with E-state index in [1.165, 1.54) is 5.56 Å². The minimum Gasteiger partial charge on any atom is -0.379 e. The Bertz CT molecular complexity index is 591. The molecule has 0 saturated carbocycles. The molecule has 0 aliphatic carbocycles. The number of aryl methyl sites for hydroxylation is 1. The fourth-order valence-corrected chi connectivity index (χ4v) is 3.85. The molecule has 0 aromatic heterocycles. The summed E-state index contributed by atoms with van der Waals surface area (Å²) >= 11 is 16.6. The fraction of sp³-hybridized carbons (Fsp3) is 0.143. The highest BCUT2D eigenvalue weighted by Gasteiger charge is 2.06. The quantitative estimate of drug-likeness (QED) is 0.539. The van der Waals surface area contributed by atoms with E-state index < -0.39 is 0 Å². The Labute approximate surface area is 143 Å². The van der Waals surface area contributed by atoms with Gasteiger partial charge in [-0.05, 0) is 90.1 Å². The van der Waals surface area contributed by atoms with Crippen LogP contribution in [0, 0.1) is 6.92 Å². The van der Waals surface area contributed by atoms with E-state index in [1.807, 2.05) is 18.2 Å². The number of hydrogen-bond donors (Lipinski definition) is 1. The lowest BCUT2D eigenvalue weighted by Crippen LogP contribution is -2.01. The first kappa shape index (κ1) is 15.4. The zero-order valence-corrected chi connectivity index (χ0v) is 15.6. The van der Waals surface area contributed by atoms with Gasteiger partial charge in [0.2, 0.25) is 0 Å². The van der Waals surface area contributed by atoms with E-state index >= 15 is 0 Å². The van der Waals surface area contributed by atoms with Crippen molar-refractivity contribution in [2.75, 3.05) is 5.32 Å². The SMILES string of the molecule is Cc1cc(Br)c(NCc2ccc(Br)c(Cl)c2)c(Br)c1. The Kier molecular flexibility index (Phi) is 5.35. The lowest BCUT2D eigenvalue weighted by atomic mass is 10.2. The maximum atomic E-state index is 6.09. The molecule has 0 bridgehead atoms. The summed E-state index contributed by atoms with van der Waals surface area (Å²) in [6.07, 6.45) is 0. The molecule has 19 heavy (non-hydrogen) atoms. The minimum atomic E-state index is 0.716. The zero-order chi connectivity index (χ0) is 14.0. The number of anilines is 1. The number of halogens is 4. The smallest absolute Gasteiger partial charge is 0.0631 e. The molecule has 0 fully saturated rings. The molecule has 0 unspecified atom stereocenters. The van der Waals surface area contributed by atoms with Crippen LogP contribution in [0.1, 0.15) is 11.1 Å². The van der Waals surface area contributed by atoms with E-state index in [-0.39, 0.29) is 0 Å². The summed E-state index contributed by atoms with van der Waals surface area (Å²) in [7, 11) is 0. The molecule has 0 radical (unpaired) electrons. The summed E-state index contributed by atoms with van der Waals surface area (Å²) in [5, 5.41) is 4.13. The van der Waals surface area contributed by atoms with Gasteiger partial charge < -0.3 is 5.32 Å². The van der Waals surface area contributed by atoms with Gasteiger partial charge in [0.25, 0.3) is 0 Å². The summed E-state index contributed by atoms with van der Waals surface area (Å²) in [5.41, 5.74) is 3.38. The van der Waals surface area contributed by atoms with Gasteiger partial charge in [-0.25, -0.2) is 0 Å². The third kappa shape index (κ3) is 3.97. The van der Waals surface area contributed by atoms with Crippen LogP contribution in [0.15, 0.2) is 43.7 Å². The van der Waals surface area contributed by atoms with Crippen molar-refractivity contribution in [3.8, 4) is 0 Å². The second-order valence-corrected chi connectivity index (χ2v) is 7.18. The number of rotatable bonds is 3. The van der Waals surface area contributed by atoms with E-state index in [9.17, 15) is 0 Å². The van der Waals surface area contributed by atoms with Gasteiger partial charge in [0.05, 0.1) is 10.7 Å². The van der Waals surface area contributed by atoms with Gasteiger partial charge in [-0.3, -0.25) is 0 Å². The summed E-state index contributed by atoms with van der Waals surface area (Å²) in [5.74, 6) is 0. The van der Waals surface area contributed by atoms with Gasteiger partial charge in [0, 0.05) is 20.0 Å². The normalized spacial score (nSPS) is 10.6. The van der Waals surface area contributed by atoms with E-state index in [0.29, 0.717) is 6.54 Å². The number of hydrogen-bond acceptors (Lipinski definition) is 1. The number of benzene rings is 2. The Morgan fingerprint density at radius 3 is 2.21 bits per heavy atom. The van der Waals surface area contributed by atoms with Crippen LogP contribution in [0.4, 0.5) is 5.69 Å². The average molecular weight is 468 g/mol. The molecule has 2 aromatic rings. The Morgan fingerprint density at radius 2 is 1.63 bits per heavy atom. The monoisotopic (exact) mass is 465 g/mol. The van der Waals surface area contributed by atoms with Crippen molar-refractivity contribution in [3.05, 3.63) is 59.9 Å². The van der Waals surface area contributed by atoms with Crippen LogP contribution in [0.2, 0.25) is 5.02 Å². The summed E-state index contributed by atoms with van der Waals surface area (Å²) < 4.78 is 3.00. The molecule has 0 spiro atoms. The fourth-order valence-electron chi connectivity index (χ4n) is 1.71. The van der Waals surface area contributed by atoms with Crippen LogP contribution in [0.25, 0.3) is 0 Å². The molecule has 0 amide bonds. The van der Waals surface area contributed by atoms with E-state index in [1.54, 1.807) is 0 Å². The molecule has 1 nitrogen and oxygen atoms in total. The molecule has 1 N–H and O–H groups in total. The van der Waals surface area contributed by atoms with Crippen molar-refractivity contribution in [2.45, 2.75) is 13.5 Å². The highest BCUT2D eigenvalue weighted by atomic mass is 79.9. The molecule has 2 aromatic carbocycles. The summed E-state index contributed by atoms with van der Waals surface area (Å²) in [6.45, 7) is 2.78. The van der Waals surface area contributed by atoms with Crippen LogP contribution >= 0.6 is 59.4 Å². The van der Waals surface area contributed by atoms with Crippen molar-refractivity contribution < 1.29 is 0 Å². The molecular formula is C14H11Br3ClN. The molecule has 0 saturated heterocycles. The van der Waals surface area contributed by atoms with Gasteiger partial charge in [0.15, 0.2) is 0 Å². The topological polar surface area (TPSA) is 12.0 Å². The Morgan fingerprint density at radius 1 is 1.00 bits per heavy atom. The van der Waals surface area contributed by atoms with E-state index in [4.69, 9.17) is 11.6 Å². The van der Waals surface area contributed by atoms with Crippen LogP contribution in [-0.2, 0) is 6.54 Å². The molecule has 0 aliphatic rings. The standard InChI is InChI=1S/C14H11Br3ClN/c1-8-4-11(16)14(12(17)5-8)19-7-9-2-3-10(15)13(18)6-9/h2-6,19H,7H2,1H3. The van der Waals surface area contributed by atoms with E-state index in [0.717, 1.165) is 29.7 Å². The van der Waals surface area contributed by atoms with Crippen LogP contribution < -0.4 is 5.32 Å². The molecule has 0 heterocycles. The van der Waals surface area contributed by atoms with Gasteiger partial charge in [-0.1, -0.05) is 17.7 Å². The Balaban J connectivity index is 2.16. The molecular weight excluding hydrogens is 457 g/mol. The Hall–Kier alpha value is -0.0300. The third-order valence-corrected chi connectivity index (χ3v) is 5.12. The highest BCUT2D eigenvalue weighted by Crippen LogP contribution is 2.33. The predicted octanol–water partition coefficient (Wildman–Crippen LogP) is 6.55. The second-order valence-electron chi connectivity index (χ2n) is 4.21. The van der Waals surface area contributed by atoms with Crippen molar-refractivity contribution in [1.82, 2.24) is 0 Å². The van der Waals surface area contributed by atoms with Gasteiger partial charge >= 0.3 is 0 Å². The van der Waals surface area contributed by atoms with Gasteiger partial charge in [-0.2, -0.15) is 0 Å².